The van der Waals surface area contributed by atoms with Crippen molar-refractivity contribution in [3.8, 4) is 0 Å². The average Bonchev–Trinajstić information content (AvgIpc) is 1.69. The second-order valence-corrected chi connectivity index (χ2v) is 1.45. The van der Waals surface area contributed by atoms with E-state index in [0.29, 0.717) is 13.1 Å². The molecule has 0 radical (unpaired) electrons. The molecule has 0 unspecified atom stereocenters. The summed E-state index contributed by atoms with van der Waals surface area (Å²) in [5, 5.41) is 8.30. The molecule has 0 spiro atoms. The molecule has 0 saturated heterocycles. The van der Waals surface area contributed by atoms with Crippen LogP contribution in [0, 0.1) is 0 Å². The molecule has 3 nitrogen and oxygen atoms in total. The third-order valence-electron chi connectivity index (χ3n) is 1.03. The first-order chi connectivity index (χ1) is 3.72. The first-order valence-electron chi connectivity index (χ1n) is 2.70. The van der Waals surface area contributed by atoms with E-state index in [0.717, 1.165) is 0 Å². The molecule has 0 aliphatic heterocycles. The van der Waals surface area contributed by atoms with Gasteiger partial charge in [0.05, 0.1) is 0 Å². The zero-order valence-electron chi connectivity index (χ0n) is 7.22. The molecule has 1 N–H and O–H groups in total. The monoisotopic (exact) mass is 141 g/mol. The maximum Gasteiger partial charge on any atom is 1.00 e. The van der Waals surface area contributed by atoms with E-state index in [2.05, 4.69) is 0 Å². The fourth-order valence-electron chi connectivity index (χ4n) is 0.494. The van der Waals surface area contributed by atoms with Gasteiger partial charge in [-0.1, -0.05) is 0 Å². The molecular weight excluding hydrogens is 129 g/mol. The van der Waals surface area contributed by atoms with Crippen molar-refractivity contribution in [2.75, 3.05) is 13.1 Å². The molecule has 1 amide bonds. The Morgan fingerprint density at radius 1 is 1.56 bits per heavy atom. The Morgan fingerprint density at radius 2 is 1.89 bits per heavy atom. The third kappa shape index (κ3) is 4.75. The van der Waals surface area contributed by atoms with Gasteiger partial charge in [-0.15, -0.1) is 0 Å². The van der Waals surface area contributed by atoms with E-state index in [1.54, 1.807) is 0 Å². The molecule has 50 valence electrons. The van der Waals surface area contributed by atoms with E-state index in [-0.39, 0.29) is 31.0 Å². The fraction of sp³-hybridized carbons (Fsp3) is 0.800. The summed E-state index contributed by atoms with van der Waals surface area (Å²) < 4.78 is 0. The van der Waals surface area contributed by atoms with Crippen LogP contribution in [0.3, 0.4) is 0 Å². The Bertz CT molecular complexity index is 87.7. The SMILES string of the molecule is CCN(CC)C(=O)O.[H-].[Na+]. The number of hydrogen-bond donors (Lipinski definition) is 1. The van der Waals surface area contributed by atoms with Crippen LogP contribution in [0.2, 0.25) is 0 Å². The predicted molar refractivity (Wildman–Crippen MR) is 32.1 cm³/mol. The van der Waals surface area contributed by atoms with Crippen molar-refractivity contribution in [1.29, 1.82) is 0 Å². The number of amides is 1. The van der Waals surface area contributed by atoms with Crippen molar-refractivity contribution in [2.45, 2.75) is 13.8 Å². The minimum atomic E-state index is -0.838. The maximum absolute atomic E-state index is 10.1. The van der Waals surface area contributed by atoms with E-state index in [1.807, 2.05) is 13.8 Å². The Balaban J connectivity index is -0.000000245. The molecule has 0 saturated carbocycles. The predicted octanol–water partition coefficient (Wildman–Crippen LogP) is -1.88. The summed E-state index contributed by atoms with van der Waals surface area (Å²) in [6, 6.07) is 0. The van der Waals surface area contributed by atoms with Crippen LogP contribution in [0.25, 0.3) is 0 Å². The first kappa shape index (κ1) is 12.0. The summed E-state index contributed by atoms with van der Waals surface area (Å²) in [5.74, 6) is 0. The molecule has 0 aromatic rings. The van der Waals surface area contributed by atoms with Crippen LogP contribution in [-0.2, 0) is 0 Å². The van der Waals surface area contributed by atoms with Crippen molar-refractivity contribution < 1.29 is 40.9 Å². The van der Waals surface area contributed by atoms with Crippen LogP contribution >= 0.6 is 0 Å². The van der Waals surface area contributed by atoms with E-state index in [1.165, 1.54) is 4.90 Å². The van der Waals surface area contributed by atoms with E-state index in [9.17, 15) is 4.79 Å². The first-order valence-corrected chi connectivity index (χ1v) is 2.70. The van der Waals surface area contributed by atoms with Crippen molar-refractivity contribution in [1.82, 2.24) is 4.90 Å². The Labute approximate surface area is 78.8 Å². The van der Waals surface area contributed by atoms with Gasteiger partial charge in [-0.3, -0.25) is 0 Å². The molecule has 9 heavy (non-hydrogen) atoms. The molecule has 0 bridgehead atoms. The molecule has 0 aromatic carbocycles. The summed E-state index contributed by atoms with van der Waals surface area (Å²) in [4.78, 5) is 11.4. The summed E-state index contributed by atoms with van der Waals surface area (Å²) in [6.07, 6.45) is -0.838. The van der Waals surface area contributed by atoms with Gasteiger partial charge in [0.1, 0.15) is 0 Å². The Morgan fingerprint density at radius 3 is 1.89 bits per heavy atom. The normalized spacial score (nSPS) is 7.78. The van der Waals surface area contributed by atoms with Gasteiger partial charge < -0.3 is 11.4 Å². The second-order valence-electron chi connectivity index (χ2n) is 1.45. The summed E-state index contributed by atoms with van der Waals surface area (Å²) in [7, 11) is 0. The smallest absolute Gasteiger partial charge is 1.00 e. The summed E-state index contributed by atoms with van der Waals surface area (Å²) in [6.45, 7) is 4.78. The third-order valence-corrected chi connectivity index (χ3v) is 1.03. The van der Waals surface area contributed by atoms with Crippen LogP contribution in [0.5, 0.6) is 0 Å². The molecule has 0 atom stereocenters. The largest absolute Gasteiger partial charge is 1.00 e. The van der Waals surface area contributed by atoms with E-state index in [4.69, 9.17) is 5.11 Å². The van der Waals surface area contributed by atoms with Crippen LogP contribution in [-0.4, -0.2) is 29.2 Å². The van der Waals surface area contributed by atoms with Crippen LogP contribution in [0.4, 0.5) is 4.79 Å². The average molecular weight is 141 g/mol. The van der Waals surface area contributed by atoms with Crippen molar-refractivity contribution >= 4 is 6.09 Å². The number of nitrogens with zero attached hydrogens (tertiary/aromatic N) is 1. The standard InChI is InChI=1S/C5H11NO2.Na.H/c1-3-6(4-2)5(7)8;;/h3-4H2,1-2H3,(H,7,8);;/q;+1;-1. The zero-order chi connectivity index (χ0) is 6.57. The van der Waals surface area contributed by atoms with E-state index >= 15 is 0 Å². The molecular formula is C5H12NNaO2. The number of carboxylic acid groups (broad SMARTS) is 1. The van der Waals surface area contributed by atoms with Gasteiger partial charge in [0.15, 0.2) is 0 Å². The van der Waals surface area contributed by atoms with Gasteiger partial charge in [0.2, 0.25) is 0 Å². The number of hydrogen-bond acceptors (Lipinski definition) is 1. The van der Waals surface area contributed by atoms with Gasteiger partial charge in [-0.2, -0.15) is 0 Å². The van der Waals surface area contributed by atoms with Crippen molar-refractivity contribution in [2.24, 2.45) is 0 Å². The molecule has 0 heterocycles. The fourth-order valence-corrected chi connectivity index (χ4v) is 0.494. The quantitative estimate of drug-likeness (QED) is 0.457. The minimum absolute atomic E-state index is 0. The van der Waals surface area contributed by atoms with Crippen molar-refractivity contribution in [3.05, 3.63) is 0 Å². The van der Waals surface area contributed by atoms with Gasteiger partial charge >= 0.3 is 35.7 Å². The number of carbonyl (C=O) groups is 1. The molecule has 4 heteroatoms. The summed E-state index contributed by atoms with van der Waals surface area (Å²) in [5.41, 5.74) is 0. The second kappa shape index (κ2) is 6.39. The molecule has 0 rings (SSSR count). The maximum atomic E-state index is 10.1. The number of rotatable bonds is 2. The molecule has 0 aromatic heterocycles. The van der Waals surface area contributed by atoms with Crippen LogP contribution in [0.1, 0.15) is 15.3 Å². The Kier molecular flexibility index (Phi) is 8.52. The van der Waals surface area contributed by atoms with Gasteiger partial charge in [0, 0.05) is 13.1 Å². The van der Waals surface area contributed by atoms with Gasteiger partial charge in [-0.25, -0.2) is 4.79 Å². The Hall–Kier alpha value is 0.270. The molecule has 0 aliphatic rings. The van der Waals surface area contributed by atoms with Crippen LogP contribution in [0.15, 0.2) is 0 Å². The van der Waals surface area contributed by atoms with Gasteiger partial charge in [-0.05, 0) is 13.8 Å². The zero-order valence-corrected chi connectivity index (χ0v) is 8.22. The topological polar surface area (TPSA) is 40.5 Å². The van der Waals surface area contributed by atoms with Crippen LogP contribution < -0.4 is 29.6 Å². The molecule has 0 aliphatic carbocycles. The van der Waals surface area contributed by atoms with E-state index < -0.39 is 6.09 Å². The molecule has 0 fully saturated rings. The summed E-state index contributed by atoms with van der Waals surface area (Å²) >= 11 is 0. The van der Waals surface area contributed by atoms with Gasteiger partial charge in [0.25, 0.3) is 0 Å². The minimum Gasteiger partial charge on any atom is -1.00 e. The van der Waals surface area contributed by atoms with Crippen molar-refractivity contribution in [3.63, 3.8) is 0 Å².